The maximum Gasteiger partial charge on any atom is 0.0746 e. The Balaban J connectivity index is 1.72. The molecule has 1 aliphatic rings. The molecule has 106 valence electrons. The molecule has 20 heavy (non-hydrogen) atoms. The number of benzene rings is 1. The van der Waals surface area contributed by atoms with Gasteiger partial charge < -0.3 is 0 Å². The van der Waals surface area contributed by atoms with Crippen LogP contribution < -0.4 is 0 Å². The second-order valence-electron chi connectivity index (χ2n) is 5.78. The highest BCUT2D eigenvalue weighted by atomic mass is 35.5. The van der Waals surface area contributed by atoms with Crippen LogP contribution in [0.5, 0.6) is 0 Å². The van der Waals surface area contributed by atoms with Crippen LogP contribution in [0, 0.1) is 5.92 Å². The van der Waals surface area contributed by atoms with Crippen molar-refractivity contribution in [1.82, 2.24) is 9.88 Å². The number of hydrogen-bond acceptors (Lipinski definition) is 2. The average molecular weight is 289 g/mol. The molecule has 0 radical (unpaired) electrons. The van der Waals surface area contributed by atoms with Crippen LogP contribution >= 0.6 is 11.6 Å². The Kier molecular flexibility index (Phi) is 4.23. The molecule has 2 heterocycles. The van der Waals surface area contributed by atoms with E-state index in [1.807, 2.05) is 12.3 Å². The summed E-state index contributed by atoms with van der Waals surface area (Å²) in [4.78, 5) is 7.07. The molecule has 0 spiro atoms. The maximum atomic E-state index is 6.21. The Hall–Kier alpha value is -1.12. The number of pyridine rings is 1. The highest BCUT2D eigenvalue weighted by Gasteiger charge is 2.22. The molecule has 1 unspecified atom stereocenters. The Morgan fingerprint density at radius 2 is 2.00 bits per heavy atom. The first-order valence-corrected chi connectivity index (χ1v) is 7.87. The minimum absolute atomic E-state index is 0.302. The average Bonchev–Trinajstić information content (AvgIpc) is 2.48. The molecule has 0 saturated carbocycles. The van der Waals surface area contributed by atoms with Gasteiger partial charge in [0.25, 0.3) is 0 Å². The zero-order chi connectivity index (χ0) is 13.9. The Labute approximate surface area is 125 Å². The molecular formula is C17H21ClN2. The largest absolute Gasteiger partial charge is 0.299 e. The lowest BCUT2D eigenvalue weighted by Gasteiger charge is -2.33. The fourth-order valence-electron chi connectivity index (χ4n) is 3.11. The van der Waals surface area contributed by atoms with E-state index in [0.717, 1.165) is 25.2 Å². The number of fused-ring (bicyclic) bond motifs is 1. The van der Waals surface area contributed by atoms with Crippen molar-refractivity contribution in [2.24, 2.45) is 5.92 Å². The highest BCUT2D eigenvalue weighted by Crippen LogP contribution is 2.26. The number of rotatable bonds is 3. The summed E-state index contributed by atoms with van der Waals surface area (Å²) in [6.07, 6.45) is 4.30. The molecule has 1 aromatic carbocycles. The highest BCUT2D eigenvalue weighted by molar-refractivity contribution is 6.20. The van der Waals surface area contributed by atoms with Crippen molar-refractivity contribution in [1.29, 1.82) is 0 Å². The van der Waals surface area contributed by atoms with Crippen LogP contribution in [0.15, 0.2) is 36.5 Å². The molecule has 3 heteroatoms. The van der Waals surface area contributed by atoms with E-state index in [1.54, 1.807) is 0 Å². The van der Waals surface area contributed by atoms with Gasteiger partial charge in [0.15, 0.2) is 0 Å². The normalized spacial score (nSPS) is 19.3. The van der Waals surface area contributed by atoms with Crippen LogP contribution in [-0.4, -0.2) is 28.4 Å². The summed E-state index contributed by atoms with van der Waals surface area (Å²) in [6, 6.07) is 10.6. The molecule has 1 atom stereocenters. The molecule has 1 aromatic heterocycles. The molecule has 0 N–H and O–H groups in total. The van der Waals surface area contributed by atoms with Crippen LogP contribution in [0.1, 0.15) is 25.3 Å². The molecule has 1 fully saturated rings. The maximum absolute atomic E-state index is 6.21. The van der Waals surface area contributed by atoms with Crippen molar-refractivity contribution < 1.29 is 0 Å². The van der Waals surface area contributed by atoms with Crippen molar-refractivity contribution in [2.75, 3.05) is 13.1 Å². The monoisotopic (exact) mass is 288 g/mol. The van der Waals surface area contributed by atoms with Gasteiger partial charge in [0.2, 0.25) is 0 Å². The number of nitrogens with zero attached hydrogens (tertiary/aromatic N) is 2. The number of para-hydroxylation sites is 1. The van der Waals surface area contributed by atoms with Gasteiger partial charge in [-0.2, -0.15) is 0 Å². The second kappa shape index (κ2) is 6.11. The third kappa shape index (κ3) is 2.97. The fraction of sp³-hybridized carbons (Fsp3) is 0.471. The van der Waals surface area contributed by atoms with Crippen LogP contribution in [0.3, 0.4) is 0 Å². The van der Waals surface area contributed by atoms with Crippen molar-refractivity contribution in [3.05, 3.63) is 42.1 Å². The first-order chi connectivity index (χ1) is 9.74. The summed E-state index contributed by atoms with van der Waals surface area (Å²) in [6.45, 7) is 5.41. The first kappa shape index (κ1) is 13.8. The van der Waals surface area contributed by atoms with Gasteiger partial charge in [-0.05, 0) is 50.4 Å². The molecule has 1 aliphatic heterocycles. The number of likely N-dealkylation sites (tertiary alicyclic amines) is 1. The summed E-state index contributed by atoms with van der Waals surface area (Å²) < 4.78 is 0. The van der Waals surface area contributed by atoms with E-state index in [9.17, 15) is 0 Å². The van der Waals surface area contributed by atoms with E-state index < -0.39 is 0 Å². The van der Waals surface area contributed by atoms with Crippen LogP contribution in [0.2, 0.25) is 0 Å². The van der Waals surface area contributed by atoms with E-state index in [1.165, 1.54) is 23.8 Å². The van der Waals surface area contributed by atoms with Gasteiger partial charge >= 0.3 is 0 Å². The first-order valence-electron chi connectivity index (χ1n) is 7.43. The number of alkyl halides is 1. The van der Waals surface area contributed by atoms with Gasteiger partial charge in [-0.1, -0.05) is 24.3 Å². The predicted octanol–water partition coefficient (Wildman–Crippen LogP) is 4.07. The van der Waals surface area contributed by atoms with Crippen molar-refractivity contribution >= 4 is 22.5 Å². The summed E-state index contributed by atoms with van der Waals surface area (Å²) in [5.74, 6) is 0.679. The fourth-order valence-corrected chi connectivity index (χ4v) is 3.36. The topological polar surface area (TPSA) is 16.1 Å². The zero-order valence-electron chi connectivity index (χ0n) is 11.9. The van der Waals surface area contributed by atoms with Gasteiger partial charge in [-0.15, -0.1) is 11.6 Å². The minimum atomic E-state index is 0.302. The van der Waals surface area contributed by atoms with Gasteiger partial charge in [-0.3, -0.25) is 9.88 Å². The van der Waals surface area contributed by atoms with E-state index in [-0.39, 0.29) is 0 Å². The van der Waals surface area contributed by atoms with Gasteiger partial charge in [0, 0.05) is 23.5 Å². The van der Waals surface area contributed by atoms with E-state index in [2.05, 4.69) is 41.1 Å². The predicted molar refractivity (Wildman–Crippen MR) is 85.1 cm³/mol. The molecular weight excluding hydrogens is 268 g/mol. The molecule has 2 aromatic rings. The van der Waals surface area contributed by atoms with E-state index in [0.29, 0.717) is 11.3 Å². The van der Waals surface area contributed by atoms with Crippen LogP contribution in [0.4, 0.5) is 0 Å². The molecule has 2 nitrogen and oxygen atoms in total. The molecule has 0 amide bonds. The Morgan fingerprint density at radius 1 is 1.25 bits per heavy atom. The van der Waals surface area contributed by atoms with Crippen LogP contribution in [-0.2, 0) is 6.54 Å². The zero-order valence-corrected chi connectivity index (χ0v) is 12.7. The standard InChI is InChI=1S/C17H21ClN2/c1-13(18)14-7-10-20(11-8-14)12-16-5-2-4-15-6-3-9-19-17(15)16/h2-6,9,13-14H,7-8,10-12H2,1H3. The number of hydrogen-bond donors (Lipinski definition) is 0. The van der Waals surface area contributed by atoms with Gasteiger partial charge in [0.05, 0.1) is 5.52 Å². The molecule has 3 rings (SSSR count). The number of aromatic nitrogens is 1. The van der Waals surface area contributed by atoms with Crippen molar-refractivity contribution in [3.63, 3.8) is 0 Å². The van der Waals surface area contributed by atoms with Crippen molar-refractivity contribution in [3.8, 4) is 0 Å². The lowest BCUT2D eigenvalue weighted by molar-refractivity contribution is 0.177. The Bertz CT molecular complexity index is 569. The van der Waals surface area contributed by atoms with Gasteiger partial charge in [-0.25, -0.2) is 0 Å². The number of piperidine rings is 1. The lowest BCUT2D eigenvalue weighted by atomic mass is 9.93. The molecule has 0 bridgehead atoms. The quantitative estimate of drug-likeness (QED) is 0.791. The molecule has 1 saturated heterocycles. The Morgan fingerprint density at radius 3 is 2.75 bits per heavy atom. The summed E-state index contributed by atoms with van der Waals surface area (Å²) in [5.41, 5.74) is 2.48. The van der Waals surface area contributed by atoms with Crippen molar-refractivity contribution in [2.45, 2.75) is 31.7 Å². The lowest BCUT2D eigenvalue weighted by Crippen LogP contribution is -2.35. The molecule has 0 aliphatic carbocycles. The number of halogens is 1. The second-order valence-corrected chi connectivity index (χ2v) is 6.47. The van der Waals surface area contributed by atoms with Crippen LogP contribution in [0.25, 0.3) is 10.9 Å². The van der Waals surface area contributed by atoms with Gasteiger partial charge in [0.1, 0.15) is 0 Å². The smallest absolute Gasteiger partial charge is 0.0746 e. The summed E-state index contributed by atoms with van der Waals surface area (Å²) >= 11 is 6.21. The minimum Gasteiger partial charge on any atom is -0.299 e. The SMILES string of the molecule is CC(Cl)C1CCN(Cc2cccc3cccnc23)CC1. The van der Waals surface area contributed by atoms with E-state index >= 15 is 0 Å². The summed E-state index contributed by atoms with van der Waals surface area (Å²) in [5, 5.41) is 1.53. The third-order valence-electron chi connectivity index (χ3n) is 4.39. The van der Waals surface area contributed by atoms with E-state index in [4.69, 9.17) is 11.6 Å². The third-order valence-corrected chi connectivity index (χ3v) is 4.75. The summed E-state index contributed by atoms with van der Waals surface area (Å²) in [7, 11) is 0.